The summed E-state index contributed by atoms with van der Waals surface area (Å²) in [4.78, 5) is 24.8. The van der Waals surface area contributed by atoms with Crippen LogP contribution in [-0.2, 0) is 0 Å². The molecule has 0 saturated carbocycles. The third-order valence-electron chi connectivity index (χ3n) is 3.75. The summed E-state index contributed by atoms with van der Waals surface area (Å²) in [6.07, 6.45) is 1.04. The number of anilines is 1. The Morgan fingerprint density at radius 3 is 2.87 bits per heavy atom. The quantitative estimate of drug-likeness (QED) is 0.934. The van der Waals surface area contributed by atoms with Crippen LogP contribution in [0.15, 0.2) is 39.5 Å². The summed E-state index contributed by atoms with van der Waals surface area (Å²) in [6, 6.07) is 8.20. The van der Waals surface area contributed by atoms with E-state index in [9.17, 15) is 14.7 Å². The van der Waals surface area contributed by atoms with E-state index in [-0.39, 0.29) is 5.76 Å². The van der Waals surface area contributed by atoms with Gasteiger partial charge in [0.2, 0.25) is 5.76 Å². The standard InChI is InChI=1S/C17H17NO5/c1-2-7-18-8-9-22-14-10-11(3-5-13(14)18)12-4-6-15(19)23-16(12)17(20)21/h3-6,10H,2,7-9H2,1H3,(H,20,21). The number of benzene rings is 1. The van der Waals surface area contributed by atoms with Crippen LogP contribution in [0.2, 0.25) is 0 Å². The Labute approximate surface area is 132 Å². The van der Waals surface area contributed by atoms with Crippen LogP contribution in [0.4, 0.5) is 5.69 Å². The number of carboxylic acids is 1. The van der Waals surface area contributed by atoms with Gasteiger partial charge in [0.1, 0.15) is 12.4 Å². The largest absolute Gasteiger partial charge is 0.490 e. The van der Waals surface area contributed by atoms with Crippen molar-refractivity contribution in [2.45, 2.75) is 13.3 Å². The molecule has 1 aliphatic rings. The number of aromatic carboxylic acids is 1. The summed E-state index contributed by atoms with van der Waals surface area (Å²) >= 11 is 0. The Kier molecular flexibility index (Phi) is 4.06. The van der Waals surface area contributed by atoms with Crippen molar-refractivity contribution in [2.75, 3.05) is 24.6 Å². The summed E-state index contributed by atoms with van der Waals surface area (Å²) in [5, 5.41) is 9.23. The van der Waals surface area contributed by atoms with Gasteiger partial charge in [0.15, 0.2) is 0 Å². The molecule has 2 heterocycles. The summed E-state index contributed by atoms with van der Waals surface area (Å²) in [7, 11) is 0. The number of carbonyl (C=O) groups is 1. The van der Waals surface area contributed by atoms with Crippen molar-refractivity contribution in [2.24, 2.45) is 0 Å². The fourth-order valence-electron chi connectivity index (χ4n) is 2.75. The number of hydrogen-bond acceptors (Lipinski definition) is 5. The number of carboxylic acid groups (broad SMARTS) is 1. The van der Waals surface area contributed by atoms with Crippen molar-refractivity contribution in [3.05, 3.63) is 46.5 Å². The molecule has 0 spiro atoms. The van der Waals surface area contributed by atoms with Gasteiger partial charge in [-0.1, -0.05) is 13.0 Å². The summed E-state index contributed by atoms with van der Waals surface area (Å²) in [5.41, 5.74) is 1.31. The first kappa shape index (κ1) is 15.1. The molecule has 0 unspecified atom stereocenters. The lowest BCUT2D eigenvalue weighted by Gasteiger charge is -2.31. The van der Waals surface area contributed by atoms with Crippen molar-refractivity contribution < 1.29 is 19.1 Å². The van der Waals surface area contributed by atoms with E-state index in [0.717, 1.165) is 25.2 Å². The molecule has 3 rings (SSSR count). The van der Waals surface area contributed by atoms with E-state index in [1.807, 2.05) is 12.1 Å². The second kappa shape index (κ2) is 6.16. The summed E-state index contributed by atoms with van der Waals surface area (Å²) in [6.45, 7) is 4.48. The highest BCUT2D eigenvalue weighted by Gasteiger charge is 2.21. The number of hydrogen-bond donors (Lipinski definition) is 1. The SMILES string of the molecule is CCCN1CCOc2cc(-c3ccc(=O)oc3C(=O)O)ccc21. The fraction of sp³-hybridized carbons (Fsp3) is 0.294. The smallest absolute Gasteiger partial charge is 0.372 e. The highest BCUT2D eigenvalue weighted by atomic mass is 16.5. The van der Waals surface area contributed by atoms with Gasteiger partial charge in [0.25, 0.3) is 0 Å². The number of ether oxygens (including phenoxy) is 1. The van der Waals surface area contributed by atoms with E-state index in [1.165, 1.54) is 12.1 Å². The van der Waals surface area contributed by atoms with Gasteiger partial charge < -0.3 is 19.2 Å². The normalized spacial score (nSPS) is 13.3. The summed E-state index contributed by atoms with van der Waals surface area (Å²) < 4.78 is 10.5. The molecule has 1 aliphatic heterocycles. The van der Waals surface area contributed by atoms with Gasteiger partial charge in [-0.2, -0.15) is 0 Å². The zero-order valence-corrected chi connectivity index (χ0v) is 12.7. The molecule has 0 atom stereocenters. The lowest BCUT2D eigenvalue weighted by Crippen LogP contribution is -2.33. The number of nitrogens with zero attached hydrogens (tertiary/aromatic N) is 1. The first-order valence-electron chi connectivity index (χ1n) is 7.49. The van der Waals surface area contributed by atoms with Crippen LogP contribution in [-0.4, -0.2) is 30.8 Å². The lowest BCUT2D eigenvalue weighted by molar-refractivity contribution is 0.0658. The lowest BCUT2D eigenvalue weighted by atomic mass is 10.0. The van der Waals surface area contributed by atoms with Crippen LogP contribution < -0.4 is 15.3 Å². The van der Waals surface area contributed by atoms with Gasteiger partial charge in [-0.3, -0.25) is 0 Å². The van der Waals surface area contributed by atoms with Crippen molar-refractivity contribution in [1.82, 2.24) is 0 Å². The minimum Gasteiger partial charge on any atom is -0.490 e. The van der Waals surface area contributed by atoms with E-state index < -0.39 is 11.6 Å². The van der Waals surface area contributed by atoms with Crippen LogP contribution in [0.25, 0.3) is 11.1 Å². The first-order valence-corrected chi connectivity index (χ1v) is 7.49. The van der Waals surface area contributed by atoms with E-state index >= 15 is 0 Å². The molecular weight excluding hydrogens is 298 g/mol. The molecular formula is C17H17NO5. The van der Waals surface area contributed by atoms with Crippen LogP contribution in [0.3, 0.4) is 0 Å². The molecule has 0 saturated heterocycles. The highest BCUT2D eigenvalue weighted by Crippen LogP contribution is 2.36. The van der Waals surface area contributed by atoms with Gasteiger partial charge in [0.05, 0.1) is 12.2 Å². The maximum Gasteiger partial charge on any atom is 0.372 e. The van der Waals surface area contributed by atoms with Gasteiger partial charge >= 0.3 is 11.6 Å². The van der Waals surface area contributed by atoms with Gasteiger partial charge in [-0.15, -0.1) is 0 Å². The van der Waals surface area contributed by atoms with E-state index in [2.05, 4.69) is 11.8 Å². The second-order valence-corrected chi connectivity index (χ2v) is 5.32. The molecule has 6 nitrogen and oxygen atoms in total. The Balaban J connectivity index is 2.06. The molecule has 2 aromatic rings. The molecule has 0 fully saturated rings. The predicted molar refractivity (Wildman–Crippen MR) is 85.4 cm³/mol. The Morgan fingerprint density at radius 2 is 2.13 bits per heavy atom. The molecule has 120 valence electrons. The maximum atomic E-state index is 11.3. The highest BCUT2D eigenvalue weighted by molar-refractivity contribution is 5.93. The molecule has 0 bridgehead atoms. The first-order chi connectivity index (χ1) is 11.1. The third kappa shape index (κ3) is 2.92. The third-order valence-corrected chi connectivity index (χ3v) is 3.75. The Bertz CT molecular complexity index is 796. The zero-order chi connectivity index (χ0) is 16.4. The number of fused-ring (bicyclic) bond motifs is 1. The van der Waals surface area contributed by atoms with Crippen LogP contribution in [0.5, 0.6) is 5.75 Å². The molecule has 0 radical (unpaired) electrons. The molecule has 1 aromatic carbocycles. The van der Waals surface area contributed by atoms with Gasteiger partial charge in [-0.25, -0.2) is 9.59 Å². The fourth-order valence-corrected chi connectivity index (χ4v) is 2.75. The minimum atomic E-state index is -1.27. The molecule has 0 amide bonds. The summed E-state index contributed by atoms with van der Waals surface area (Å²) in [5.74, 6) is -0.924. The van der Waals surface area contributed by atoms with E-state index in [0.29, 0.717) is 23.5 Å². The molecule has 0 aliphatic carbocycles. The molecule has 6 heteroatoms. The minimum absolute atomic E-state index is 0.358. The number of rotatable bonds is 4. The second-order valence-electron chi connectivity index (χ2n) is 5.32. The van der Waals surface area contributed by atoms with Gasteiger partial charge in [-0.05, 0) is 30.2 Å². The average Bonchev–Trinajstić information content (AvgIpc) is 2.55. The zero-order valence-electron chi connectivity index (χ0n) is 12.7. The predicted octanol–water partition coefficient (Wildman–Crippen LogP) is 2.61. The Hall–Kier alpha value is -2.76. The van der Waals surface area contributed by atoms with Crippen molar-refractivity contribution in [1.29, 1.82) is 0 Å². The Morgan fingerprint density at radius 1 is 1.30 bits per heavy atom. The molecule has 23 heavy (non-hydrogen) atoms. The van der Waals surface area contributed by atoms with E-state index in [1.54, 1.807) is 6.07 Å². The maximum absolute atomic E-state index is 11.3. The van der Waals surface area contributed by atoms with E-state index in [4.69, 9.17) is 9.15 Å². The van der Waals surface area contributed by atoms with Crippen molar-refractivity contribution in [3.8, 4) is 16.9 Å². The van der Waals surface area contributed by atoms with Crippen LogP contribution in [0, 0.1) is 0 Å². The average molecular weight is 315 g/mol. The van der Waals surface area contributed by atoms with Gasteiger partial charge in [0, 0.05) is 18.2 Å². The van der Waals surface area contributed by atoms with Crippen molar-refractivity contribution in [3.63, 3.8) is 0 Å². The van der Waals surface area contributed by atoms with Crippen molar-refractivity contribution >= 4 is 11.7 Å². The topological polar surface area (TPSA) is 80.0 Å². The van der Waals surface area contributed by atoms with Crippen LogP contribution in [0.1, 0.15) is 23.9 Å². The molecule has 1 aromatic heterocycles. The molecule has 1 N–H and O–H groups in total. The van der Waals surface area contributed by atoms with Crippen LogP contribution >= 0.6 is 0 Å². The monoisotopic (exact) mass is 315 g/mol.